The molecule has 8 heteroatoms. The van der Waals surface area contributed by atoms with Gasteiger partial charge in [-0.1, -0.05) is 23.7 Å². The largest absolute Gasteiger partial charge is 0.376 e. The Kier molecular flexibility index (Phi) is 7.27. The van der Waals surface area contributed by atoms with Crippen LogP contribution in [0.25, 0.3) is 0 Å². The van der Waals surface area contributed by atoms with Gasteiger partial charge in [-0.2, -0.15) is 0 Å². The van der Waals surface area contributed by atoms with Crippen molar-refractivity contribution in [3.05, 3.63) is 58.7 Å². The van der Waals surface area contributed by atoms with Crippen molar-refractivity contribution in [1.82, 2.24) is 15.2 Å². The van der Waals surface area contributed by atoms with Gasteiger partial charge in [0.15, 0.2) is 0 Å². The number of nitrogens with one attached hydrogen (secondary N) is 1. The van der Waals surface area contributed by atoms with Crippen molar-refractivity contribution in [3.8, 4) is 0 Å². The number of anilines is 1. The van der Waals surface area contributed by atoms with Gasteiger partial charge in [-0.25, -0.2) is 4.98 Å². The standard InChI is InChI=1S/C24H29ClN4O3/c1-17(18-4-7-20(25)8-5-18)24(31)29-12-10-28(11-13-29)22-9-6-19(15-26-22)23(30)27-16-21-3-2-14-32-21/h4-9,15,17,21H,2-3,10-14,16H2,1H3,(H,27,30). The zero-order valence-electron chi connectivity index (χ0n) is 18.3. The van der Waals surface area contributed by atoms with Gasteiger partial charge in [0.1, 0.15) is 5.82 Å². The van der Waals surface area contributed by atoms with Crippen LogP contribution < -0.4 is 10.2 Å². The Morgan fingerprint density at radius 1 is 1.16 bits per heavy atom. The molecule has 1 aromatic carbocycles. The molecular formula is C24H29ClN4O3. The van der Waals surface area contributed by atoms with Crippen molar-refractivity contribution >= 4 is 29.2 Å². The number of rotatable bonds is 6. The number of halogens is 1. The van der Waals surface area contributed by atoms with E-state index >= 15 is 0 Å². The van der Waals surface area contributed by atoms with Crippen LogP contribution in [0.1, 0.15) is 41.6 Å². The second-order valence-electron chi connectivity index (χ2n) is 8.34. The molecule has 3 heterocycles. The molecule has 170 valence electrons. The summed E-state index contributed by atoms with van der Waals surface area (Å²) >= 11 is 5.95. The molecule has 2 amide bonds. The summed E-state index contributed by atoms with van der Waals surface area (Å²) in [6, 6.07) is 11.1. The quantitative estimate of drug-likeness (QED) is 0.723. The van der Waals surface area contributed by atoms with Crippen LogP contribution in [0.15, 0.2) is 42.6 Å². The number of ether oxygens (including phenoxy) is 1. The Bertz CT molecular complexity index is 921. The average Bonchev–Trinajstić information content (AvgIpc) is 3.36. The molecule has 0 aliphatic carbocycles. The molecule has 1 N–H and O–H groups in total. The normalized spacial score (nSPS) is 19.6. The monoisotopic (exact) mass is 456 g/mol. The lowest BCUT2D eigenvalue weighted by Crippen LogP contribution is -2.50. The summed E-state index contributed by atoms with van der Waals surface area (Å²) in [6.45, 7) is 5.93. The smallest absolute Gasteiger partial charge is 0.252 e. The summed E-state index contributed by atoms with van der Waals surface area (Å²) in [6.07, 6.45) is 3.77. The number of pyridine rings is 1. The molecule has 0 spiro atoms. The highest BCUT2D eigenvalue weighted by Crippen LogP contribution is 2.22. The number of carbonyl (C=O) groups is 2. The Balaban J connectivity index is 1.27. The minimum absolute atomic E-state index is 0.118. The van der Waals surface area contributed by atoms with E-state index in [-0.39, 0.29) is 23.8 Å². The molecule has 0 radical (unpaired) electrons. The number of hydrogen-bond acceptors (Lipinski definition) is 5. The van der Waals surface area contributed by atoms with E-state index < -0.39 is 0 Å². The molecular weight excluding hydrogens is 428 g/mol. The topological polar surface area (TPSA) is 74.8 Å². The van der Waals surface area contributed by atoms with Crippen LogP contribution in [0.4, 0.5) is 5.82 Å². The van der Waals surface area contributed by atoms with Crippen molar-refractivity contribution in [3.63, 3.8) is 0 Å². The Morgan fingerprint density at radius 2 is 1.91 bits per heavy atom. The van der Waals surface area contributed by atoms with E-state index in [9.17, 15) is 9.59 Å². The zero-order chi connectivity index (χ0) is 22.5. The van der Waals surface area contributed by atoms with E-state index in [1.165, 1.54) is 0 Å². The average molecular weight is 457 g/mol. The Labute approximate surface area is 193 Å². The first kappa shape index (κ1) is 22.6. The van der Waals surface area contributed by atoms with Gasteiger partial charge in [-0.05, 0) is 49.6 Å². The fourth-order valence-electron chi connectivity index (χ4n) is 4.15. The zero-order valence-corrected chi connectivity index (χ0v) is 19.1. The van der Waals surface area contributed by atoms with Crippen molar-refractivity contribution < 1.29 is 14.3 Å². The first-order valence-corrected chi connectivity index (χ1v) is 11.5. The number of benzene rings is 1. The molecule has 0 bridgehead atoms. The maximum absolute atomic E-state index is 12.9. The van der Waals surface area contributed by atoms with Crippen molar-refractivity contribution in [2.45, 2.75) is 31.8 Å². The molecule has 1 aromatic heterocycles. The third-order valence-electron chi connectivity index (χ3n) is 6.18. The fraction of sp³-hybridized carbons (Fsp3) is 0.458. The van der Waals surface area contributed by atoms with Gasteiger partial charge in [0.05, 0.1) is 17.6 Å². The molecule has 2 unspecified atom stereocenters. The first-order chi connectivity index (χ1) is 15.5. The number of nitrogens with zero attached hydrogens (tertiary/aromatic N) is 3. The highest BCUT2D eigenvalue weighted by Gasteiger charge is 2.26. The van der Waals surface area contributed by atoms with Crippen LogP contribution in [0.5, 0.6) is 0 Å². The number of carbonyl (C=O) groups excluding carboxylic acids is 2. The van der Waals surface area contributed by atoms with Crippen LogP contribution in [-0.2, 0) is 9.53 Å². The number of aromatic nitrogens is 1. The molecule has 2 aromatic rings. The van der Waals surface area contributed by atoms with Crippen LogP contribution in [0.2, 0.25) is 5.02 Å². The fourth-order valence-corrected chi connectivity index (χ4v) is 4.27. The molecule has 2 aliphatic heterocycles. The predicted molar refractivity (Wildman–Crippen MR) is 124 cm³/mol. The van der Waals surface area contributed by atoms with Crippen LogP contribution in [0, 0.1) is 0 Å². The van der Waals surface area contributed by atoms with Crippen molar-refractivity contribution in [2.75, 3.05) is 44.2 Å². The number of amides is 2. The maximum Gasteiger partial charge on any atom is 0.252 e. The molecule has 32 heavy (non-hydrogen) atoms. The molecule has 0 saturated carbocycles. The highest BCUT2D eigenvalue weighted by atomic mass is 35.5. The predicted octanol–water partition coefficient (Wildman–Crippen LogP) is 3.10. The lowest BCUT2D eigenvalue weighted by Gasteiger charge is -2.36. The summed E-state index contributed by atoms with van der Waals surface area (Å²) in [7, 11) is 0. The first-order valence-electron chi connectivity index (χ1n) is 11.2. The Hall–Kier alpha value is -2.64. The van der Waals surface area contributed by atoms with E-state index in [0.717, 1.165) is 30.8 Å². The van der Waals surface area contributed by atoms with Gasteiger partial charge in [0, 0.05) is 50.6 Å². The van der Waals surface area contributed by atoms with Gasteiger partial charge in [0.25, 0.3) is 5.91 Å². The molecule has 2 aliphatic rings. The molecule has 2 atom stereocenters. The van der Waals surface area contributed by atoms with E-state index in [2.05, 4.69) is 15.2 Å². The summed E-state index contributed by atoms with van der Waals surface area (Å²) in [5.41, 5.74) is 1.51. The molecule has 2 fully saturated rings. The van der Waals surface area contributed by atoms with E-state index in [0.29, 0.717) is 43.3 Å². The second-order valence-corrected chi connectivity index (χ2v) is 8.77. The van der Waals surface area contributed by atoms with Gasteiger partial charge < -0.3 is 19.9 Å². The third kappa shape index (κ3) is 5.40. The molecule has 2 saturated heterocycles. The van der Waals surface area contributed by atoms with Crippen molar-refractivity contribution in [1.29, 1.82) is 0 Å². The number of hydrogen-bond donors (Lipinski definition) is 1. The maximum atomic E-state index is 12.9. The lowest BCUT2D eigenvalue weighted by molar-refractivity contribution is -0.132. The van der Waals surface area contributed by atoms with Crippen LogP contribution >= 0.6 is 11.6 Å². The van der Waals surface area contributed by atoms with Crippen molar-refractivity contribution in [2.24, 2.45) is 0 Å². The van der Waals surface area contributed by atoms with Crippen LogP contribution in [-0.4, -0.2) is 67.1 Å². The molecule has 4 rings (SSSR count). The second kappa shape index (κ2) is 10.3. The SMILES string of the molecule is CC(C(=O)N1CCN(c2ccc(C(=O)NCC3CCCO3)cn2)CC1)c1ccc(Cl)cc1. The summed E-state index contributed by atoms with van der Waals surface area (Å²) in [4.78, 5) is 33.8. The third-order valence-corrected chi connectivity index (χ3v) is 6.43. The minimum atomic E-state index is -0.204. The summed E-state index contributed by atoms with van der Waals surface area (Å²) in [5, 5.41) is 3.58. The number of piperazine rings is 1. The van der Waals surface area contributed by atoms with E-state index in [1.807, 2.05) is 42.2 Å². The highest BCUT2D eigenvalue weighted by molar-refractivity contribution is 6.30. The van der Waals surface area contributed by atoms with E-state index in [1.54, 1.807) is 12.3 Å². The van der Waals surface area contributed by atoms with Gasteiger partial charge in [-0.15, -0.1) is 0 Å². The molecule has 7 nitrogen and oxygen atoms in total. The lowest BCUT2D eigenvalue weighted by atomic mass is 9.99. The van der Waals surface area contributed by atoms with Crippen LogP contribution in [0.3, 0.4) is 0 Å². The Morgan fingerprint density at radius 3 is 2.53 bits per heavy atom. The summed E-state index contributed by atoms with van der Waals surface area (Å²) < 4.78 is 5.54. The van der Waals surface area contributed by atoms with Gasteiger partial charge in [-0.3, -0.25) is 9.59 Å². The van der Waals surface area contributed by atoms with Gasteiger partial charge in [0.2, 0.25) is 5.91 Å². The van der Waals surface area contributed by atoms with E-state index in [4.69, 9.17) is 16.3 Å². The minimum Gasteiger partial charge on any atom is -0.376 e. The van der Waals surface area contributed by atoms with Gasteiger partial charge >= 0.3 is 0 Å². The summed E-state index contributed by atoms with van der Waals surface area (Å²) in [5.74, 6) is 0.604.